The predicted octanol–water partition coefficient (Wildman–Crippen LogP) is 3.99. The van der Waals surface area contributed by atoms with E-state index in [1.54, 1.807) is 4.90 Å². The Morgan fingerprint density at radius 2 is 2.05 bits per heavy atom. The molecule has 1 atom stereocenters. The van der Waals surface area contributed by atoms with Gasteiger partial charge in [0.15, 0.2) is 11.6 Å². The van der Waals surface area contributed by atoms with Gasteiger partial charge in [-0.2, -0.15) is 0 Å². The van der Waals surface area contributed by atoms with E-state index < -0.39 is 23.4 Å². The number of rotatable bonds is 1. The lowest BCUT2D eigenvalue weighted by Crippen LogP contribution is -2.41. The second-order valence-corrected chi connectivity index (χ2v) is 5.78. The van der Waals surface area contributed by atoms with Crippen molar-refractivity contribution in [1.82, 2.24) is 4.90 Å². The van der Waals surface area contributed by atoms with Gasteiger partial charge in [0.25, 0.3) is 0 Å². The van der Waals surface area contributed by atoms with E-state index in [0.29, 0.717) is 23.5 Å². The van der Waals surface area contributed by atoms with Gasteiger partial charge in [-0.05, 0) is 30.9 Å². The lowest BCUT2D eigenvalue weighted by Gasteiger charge is -2.31. The van der Waals surface area contributed by atoms with E-state index in [4.69, 9.17) is 0 Å². The Labute approximate surface area is 119 Å². The third-order valence-electron chi connectivity index (χ3n) is 3.18. The molecular formula is C13H15BrF2N2O. The van der Waals surface area contributed by atoms with Crippen LogP contribution >= 0.6 is 15.9 Å². The Kier molecular flexibility index (Phi) is 4.39. The van der Waals surface area contributed by atoms with Crippen molar-refractivity contribution in [2.45, 2.75) is 19.8 Å². The Bertz CT molecular complexity index is 473. The third kappa shape index (κ3) is 3.43. The normalized spacial score (nSPS) is 19.4. The van der Waals surface area contributed by atoms with Crippen LogP contribution in [0.5, 0.6) is 0 Å². The van der Waals surface area contributed by atoms with E-state index in [2.05, 4.69) is 28.2 Å². The number of piperidine rings is 1. The molecule has 104 valence electrons. The van der Waals surface area contributed by atoms with Gasteiger partial charge in [-0.15, -0.1) is 0 Å². The standard InChI is InChI=1S/C13H15BrF2N2O/c1-8-3-2-4-18(7-8)13(19)17-12-10(15)5-9(14)6-11(12)16/h5-6,8H,2-4,7H2,1H3,(H,17,19). The fourth-order valence-electron chi connectivity index (χ4n) is 2.22. The lowest BCUT2D eigenvalue weighted by atomic mass is 10.0. The van der Waals surface area contributed by atoms with Gasteiger partial charge >= 0.3 is 6.03 Å². The van der Waals surface area contributed by atoms with Gasteiger partial charge in [-0.25, -0.2) is 13.6 Å². The molecule has 6 heteroatoms. The van der Waals surface area contributed by atoms with E-state index in [0.717, 1.165) is 25.0 Å². The molecule has 1 aromatic rings. The van der Waals surface area contributed by atoms with Crippen molar-refractivity contribution >= 4 is 27.6 Å². The molecule has 1 heterocycles. The number of carbonyl (C=O) groups is 1. The van der Waals surface area contributed by atoms with Crippen LogP contribution in [0.1, 0.15) is 19.8 Å². The highest BCUT2D eigenvalue weighted by Crippen LogP contribution is 2.24. The van der Waals surface area contributed by atoms with Gasteiger partial charge in [0.05, 0.1) is 0 Å². The summed E-state index contributed by atoms with van der Waals surface area (Å²) in [7, 11) is 0. The quantitative estimate of drug-likeness (QED) is 0.828. The summed E-state index contributed by atoms with van der Waals surface area (Å²) in [6.07, 6.45) is 1.99. The topological polar surface area (TPSA) is 32.3 Å². The Balaban J connectivity index is 2.10. The zero-order chi connectivity index (χ0) is 14.0. The minimum atomic E-state index is -0.787. The summed E-state index contributed by atoms with van der Waals surface area (Å²) in [5, 5.41) is 2.31. The summed E-state index contributed by atoms with van der Waals surface area (Å²) in [4.78, 5) is 13.6. The zero-order valence-corrected chi connectivity index (χ0v) is 12.1. The van der Waals surface area contributed by atoms with Crippen molar-refractivity contribution < 1.29 is 13.6 Å². The van der Waals surface area contributed by atoms with Crippen LogP contribution < -0.4 is 5.32 Å². The molecule has 2 amide bonds. The molecule has 0 aliphatic carbocycles. The predicted molar refractivity (Wildman–Crippen MR) is 73.0 cm³/mol. The van der Waals surface area contributed by atoms with Gasteiger partial charge in [-0.1, -0.05) is 22.9 Å². The van der Waals surface area contributed by atoms with Gasteiger partial charge in [0.2, 0.25) is 0 Å². The van der Waals surface area contributed by atoms with Gasteiger partial charge in [0.1, 0.15) is 5.69 Å². The molecule has 0 radical (unpaired) electrons. The van der Waals surface area contributed by atoms with Gasteiger partial charge < -0.3 is 10.2 Å². The van der Waals surface area contributed by atoms with Crippen molar-refractivity contribution in [3.05, 3.63) is 28.2 Å². The maximum absolute atomic E-state index is 13.6. The third-order valence-corrected chi connectivity index (χ3v) is 3.64. The maximum Gasteiger partial charge on any atom is 0.322 e. The average molecular weight is 333 g/mol. The first-order valence-corrected chi connectivity index (χ1v) is 6.97. The summed E-state index contributed by atoms with van der Waals surface area (Å²) < 4.78 is 27.5. The number of hydrogen-bond acceptors (Lipinski definition) is 1. The fraction of sp³-hybridized carbons (Fsp3) is 0.462. The number of hydrogen-bond donors (Lipinski definition) is 1. The van der Waals surface area contributed by atoms with E-state index in [1.807, 2.05) is 0 Å². The van der Waals surface area contributed by atoms with Crippen LogP contribution in [0.3, 0.4) is 0 Å². The summed E-state index contributed by atoms with van der Waals surface area (Å²) in [6, 6.07) is 1.79. The second-order valence-electron chi connectivity index (χ2n) is 4.87. The van der Waals surface area contributed by atoms with E-state index in [-0.39, 0.29) is 0 Å². The zero-order valence-electron chi connectivity index (χ0n) is 10.5. The molecule has 1 N–H and O–H groups in total. The lowest BCUT2D eigenvalue weighted by molar-refractivity contribution is 0.182. The molecule has 0 spiro atoms. The number of benzene rings is 1. The molecule has 0 bridgehead atoms. The largest absolute Gasteiger partial charge is 0.324 e. The molecule has 3 nitrogen and oxygen atoms in total. The molecule has 19 heavy (non-hydrogen) atoms. The fourth-order valence-corrected chi connectivity index (χ4v) is 2.62. The first-order valence-electron chi connectivity index (χ1n) is 6.18. The van der Waals surface area contributed by atoms with Crippen molar-refractivity contribution in [2.75, 3.05) is 18.4 Å². The molecule has 1 unspecified atom stereocenters. The number of nitrogens with one attached hydrogen (secondary N) is 1. The minimum absolute atomic E-state index is 0.298. The van der Waals surface area contributed by atoms with E-state index in [9.17, 15) is 13.6 Å². The highest BCUT2D eigenvalue weighted by atomic mass is 79.9. The van der Waals surface area contributed by atoms with Crippen molar-refractivity contribution in [1.29, 1.82) is 0 Å². The number of carbonyl (C=O) groups excluding carboxylic acids is 1. The summed E-state index contributed by atoms with van der Waals surface area (Å²) >= 11 is 2.99. The molecule has 2 rings (SSSR count). The van der Waals surface area contributed by atoms with Crippen LogP contribution in [0.2, 0.25) is 0 Å². The van der Waals surface area contributed by atoms with Crippen molar-refractivity contribution in [3.8, 4) is 0 Å². The van der Waals surface area contributed by atoms with Crippen molar-refractivity contribution in [2.24, 2.45) is 5.92 Å². The van der Waals surface area contributed by atoms with Crippen LogP contribution in [-0.2, 0) is 0 Å². The average Bonchev–Trinajstić information content (AvgIpc) is 2.33. The summed E-state index contributed by atoms with van der Waals surface area (Å²) in [5.41, 5.74) is -0.397. The Morgan fingerprint density at radius 1 is 1.42 bits per heavy atom. The highest BCUT2D eigenvalue weighted by Gasteiger charge is 2.22. The smallest absolute Gasteiger partial charge is 0.322 e. The number of nitrogens with zero attached hydrogens (tertiary/aromatic N) is 1. The molecule has 1 aromatic carbocycles. The second kappa shape index (κ2) is 5.86. The number of urea groups is 1. The molecule has 1 aliphatic heterocycles. The number of likely N-dealkylation sites (tertiary alicyclic amines) is 1. The summed E-state index contributed by atoms with van der Waals surface area (Å²) in [5.74, 6) is -1.16. The SMILES string of the molecule is CC1CCCN(C(=O)Nc2c(F)cc(Br)cc2F)C1. The maximum atomic E-state index is 13.6. The monoisotopic (exact) mass is 332 g/mol. The van der Waals surface area contributed by atoms with Crippen LogP contribution in [0.15, 0.2) is 16.6 Å². The summed E-state index contributed by atoms with van der Waals surface area (Å²) in [6.45, 7) is 3.29. The first kappa shape index (κ1) is 14.2. The minimum Gasteiger partial charge on any atom is -0.324 e. The van der Waals surface area contributed by atoms with Crippen LogP contribution in [0.4, 0.5) is 19.3 Å². The first-order chi connectivity index (χ1) is 8.97. The van der Waals surface area contributed by atoms with Crippen LogP contribution in [-0.4, -0.2) is 24.0 Å². The number of amides is 2. The van der Waals surface area contributed by atoms with E-state index >= 15 is 0 Å². The van der Waals surface area contributed by atoms with E-state index in [1.165, 1.54) is 0 Å². The Morgan fingerprint density at radius 3 is 2.63 bits per heavy atom. The van der Waals surface area contributed by atoms with Gasteiger partial charge in [0, 0.05) is 17.6 Å². The highest BCUT2D eigenvalue weighted by molar-refractivity contribution is 9.10. The van der Waals surface area contributed by atoms with Crippen LogP contribution in [0.25, 0.3) is 0 Å². The molecule has 1 fully saturated rings. The molecule has 0 saturated carbocycles. The Hall–Kier alpha value is -1.17. The molecular weight excluding hydrogens is 318 g/mol. The molecule has 1 saturated heterocycles. The van der Waals surface area contributed by atoms with Crippen LogP contribution in [0, 0.1) is 17.6 Å². The number of anilines is 1. The van der Waals surface area contributed by atoms with Gasteiger partial charge in [-0.3, -0.25) is 0 Å². The molecule has 0 aromatic heterocycles. The van der Waals surface area contributed by atoms with Crippen molar-refractivity contribution in [3.63, 3.8) is 0 Å². The number of halogens is 3. The molecule has 1 aliphatic rings.